The van der Waals surface area contributed by atoms with Gasteiger partial charge >= 0.3 is 7.12 Å². The fourth-order valence-corrected chi connectivity index (χ4v) is 1.78. The Balaban J connectivity index is 2.31. The van der Waals surface area contributed by atoms with Crippen molar-refractivity contribution in [2.75, 3.05) is 20.3 Å². The zero-order chi connectivity index (χ0) is 11.5. The number of hydrogen-bond acceptors (Lipinski definition) is 3. The monoisotopic (exact) mass is 244 g/mol. The van der Waals surface area contributed by atoms with Crippen LogP contribution >= 0.6 is 11.6 Å². The molecule has 0 saturated carbocycles. The fraction of sp³-hybridized carbons (Fsp3) is 0.400. The third-order valence-corrected chi connectivity index (χ3v) is 2.65. The summed E-state index contributed by atoms with van der Waals surface area (Å²) in [6.45, 7) is 1.13. The number of methoxy groups -OCH3 is 1. The summed E-state index contributed by atoms with van der Waals surface area (Å²) in [5.74, 6) is -0.0338. The van der Waals surface area contributed by atoms with Crippen molar-refractivity contribution in [3.05, 3.63) is 23.0 Å². The van der Waals surface area contributed by atoms with Crippen molar-refractivity contribution in [1.82, 2.24) is 0 Å². The van der Waals surface area contributed by atoms with E-state index in [4.69, 9.17) is 25.6 Å². The average Bonchev–Trinajstić information content (AvgIpc) is 2.30. The molecule has 2 rings (SSSR count). The maximum absolute atomic E-state index is 13.7. The van der Waals surface area contributed by atoms with E-state index < -0.39 is 12.9 Å². The third-order valence-electron chi connectivity index (χ3n) is 2.35. The van der Waals surface area contributed by atoms with Gasteiger partial charge < -0.3 is 14.0 Å². The van der Waals surface area contributed by atoms with Crippen molar-refractivity contribution in [3.63, 3.8) is 0 Å². The minimum atomic E-state index is -0.667. The number of halogens is 2. The largest absolute Gasteiger partial charge is 0.497 e. The van der Waals surface area contributed by atoms with Gasteiger partial charge in [0.1, 0.15) is 11.6 Å². The molecule has 1 aliphatic rings. The summed E-state index contributed by atoms with van der Waals surface area (Å²) in [6, 6.07) is 2.71. The first kappa shape index (κ1) is 11.7. The lowest BCUT2D eigenvalue weighted by Crippen LogP contribution is -2.42. The molecule has 86 valence electrons. The molecule has 0 spiro atoms. The fourth-order valence-electron chi connectivity index (χ4n) is 1.55. The number of benzene rings is 1. The Morgan fingerprint density at radius 3 is 2.69 bits per heavy atom. The number of rotatable bonds is 2. The third kappa shape index (κ3) is 2.31. The molecule has 1 aliphatic heterocycles. The second-order valence-electron chi connectivity index (χ2n) is 3.44. The molecule has 16 heavy (non-hydrogen) atoms. The second-order valence-corrected chi connectivity index (χ2v) is 3.84. The van der Waals surface area contributed by atoms with Gasteiger partial charge in [-0.25, -0.2) is 4.39 Å². The van der Waals surface area contributed by atoms with E-state index in [9.17, 15) is 4.39 Å². The van der Waals surface area contributed by atoms with Crippen LogP contribution in [0.25, 0.3) is 0 Å². The van der Waals surface area contributed by atoms with Gasteiger partial charge in [0, 0.05) is 18.7 Å². The molecule has 0 atom stereocenters. The highest BCUT2D eigenvalue weighted by molar-refractivity contribution is 6.61. The summed E-state index contributed by atoms with van der Waals surface area (Å²) >= 11 is 5.79. The van der Waals surface area contributed by atoms with Crippen LogP contribution < -0.4 is 10.2 Å². The quantitative estimate of drug-likeness (QED) is 0.740. The molecule has 1 saturated heterocycles. The van der Waals surface area contributed by atoms with Gasteiger partial charge in [-0.15, -0.1) is 0 Å². The normalized spacial score (nSPS) is 16.3. The summed E-state index contributed by atoms with van der Waals surface area (Å²) in [5.41, 5.74) is 0.320. The highest BCUT2D eigenvalue weighted by atomic mass is 35.5. The lowest BCUT2D eigenvalue weighted by atomic mass is 9.77. The van der Waals surface area contributed by atoms with Crippen LogP contribution in [0, 0.1) is 5.82 Å². The Morgan fingerprint density at radius 2 is 2.06 bits per heavy atom. The van der Waals surface area contributed by atoms with Crippen LogP contribution in [0.3, 0.4) is 0 Å². The van der Waals surface area contributed by atoms with Gasteiger partial charge in [-0.2, -0.15) is 0 Å². The van der Waals surface area contributed by atoms with Crippen molar-refractivity contribution >= 4 is 24.2 Å². The molecule has 0 amide bonds. The molecular weight excluding hydrogens is 233 g/mol. The van der Waals surface area contributed by atoms with Gasteiger partial charge in [0.2, 0.25) is 0 Å². The maximum atomic E-state index is 13.7. The topological polar surface area (TPSA) is 27.7 Å². The standard InChI is InChI=1S/C10H11BClFO3/c1-14-10-5-7(9(13)6-8(10)12)11-15-3-2-4-16-11/h5-6H,2-4H2,1H3. The molecular formula is C10H11BClFO3. The van der Waals surface area contributed by atoms with Gasteiger partial charge in [-0.1, -0.05) is 11.6 Å². The van der Waals surface area contributed by atoms with Crippen LogP contribution in [0.15, 0.2) is 12.1 Å². The van der Waals surface area contributed by atoms with Gasteiger partial charge in [0.15, 0.2) is 0 Å². The van der Waals surface area contributed by atoms with Crippen molar-refractivity contribution in [3.8, 4) is 5.75 Å². The second kappa shape index (κ2) is 5.04. The minimum absolute atomic E-state index is 0.236. The average molecular weight is 244 g/mol. The Kier molecular flexibility index (Phi) is 3.68. The Hall–Kier alpha value is -0.775. The van der Waals surface area contributed by atoms with Crippen LogP contribution in [-0.4, -0.2) is 27.4 Å². The van der Waals surface area contributed by atoms with Crippen LogP contribution in [0.1, 0.15) is 6.42 Å². The van der Waals surface area contributed by atoms with E-state index in [-0.39, 0.29) is 5.02 Å². The lowest BCUT2D eigenvalue weighted by Gasteiger charge is -2.20. The molecule has 0 aliphatic carbocycles. The summed E-state index contributed by atoms with van der Waals surface area (Å²) in [7, 11) is 0.811. The highest BCUT2D eigenvalue weighted by Crippen LogP contribution is 2.24. The Morgan fingerprint density at radius 1 is 1.38 bits per heavy atom. The van der Waals surface area contributed by atoms with Crippen molar-refractivity contribution in [2.24, 2.45) is 0 Å². The summed E-state index contributed by atoms with van der Waals surface area (Å²) in [6.07, 6.45) is 0.822. The molecule has 1 aromatic carbocycles. The zero-order valence-corrected chi connectivity index (χ0v) is 9.59. The van der Waals surface area contributed by atoms with Crippen molar-refractivity contribution < 1.29 is 18.4 Å². The first-order valence-corrected chi connectivity index (χ1v) is 5.36. The molecule has 0 bridgehead atoms. The van der Waals surface area contributed by atoms with E-state index in [1.54, 1.807) is 0 Å². The molecule has 3 nitrogen and oxygen atoms in total. The molecule has 1 heterocycles. The molecule has 0 radical (unpaired) electrons. The van der Waals surface area contributed by atoms with Gasteiger partial charge in [-0.3, -0.25) is 0 Å². The Labute approximate surface area is 98.6 Å². The Bertz CT molecular complexity index is 383. The van der Waals surface area contributed by atoms with E-state index in [2.05, 4.69) is 0 Å². The predicted octanol–water partition coefficient (Wildman–Crippen LogP) is 1.62. The van der Waals surface area contributed by atoms with E-state index >= 15 is 0 Å². The van der Waals surface area contributed by atoms with Crippen LogP contribution in [-0.2, 0) is 9.31 Å². The summed E-state index contributed by atoms with van der Waals surface area (Å²) < 4.78 is 29.3. The number of ether oxygens (including phenoxy) is 1. The van der Waals surface area contributed by atoms with Crippen molar-refractivity contribution in [2.45, 2.75) is 6.42 Å². The number of hydrogen-bond donors (Lipinski definition) is 0. The SMILES string of the molecule is COc1cc(B2OCCCO2)c(F)cc1Cl. The van der Waals surface area contributed by atoms with E-state index in [0.717, 1.165) is 6.42 Å². The molecule has 6 heteroatoms. The first-order valence-electron chi connectivity index (χ1n) is 4.98. The molecule has 1 aromatic rings. The zero-order valence-electron chi connectivity index (χ0n) is 8.83. The first-order chi connectivity index (χ1) is 7.72. The van der Waals surface area contributed by atoms with Crippen LogP contribution in [0.4, 0.5) is 4.39 Å². The molecule has 0 aromatic heterocycles. The van der Waals surface area contributed by atoms with Crippen LogP contribution in [0.5, 0.6) is 5.75 Å². The molecule has 1 fully saturated rings. The minimum Gasteiger partial charge on any atom is -0.495 e. The van der Waals surface area contributed by atoms with E-state index in [1.165, 1.54) is 19.2 Å². The van der Waals surface area contributed by atoms with E-state index in [1.807, 2.05) is 0 Å². The highest BCUT2D eigenvalue weighted by Gasteiger charge is 2.28. The predicted molar refractivity (Wildman–Crippen MR) is 59.9 cm³/mol. The summed E-state index contributed by atoms with van der Waals surface area (Å²) in [5, 5.41) is 0.236. The summed E-state index contributed by atoms with van der Waals surface area (Å²) in [4.78, 5) is 0. The van der Waals surface area contributed by atoms with Gasteiger partial charge in [0.25, 0.3) is 0 Å². The molecule has 0 unspecified atom stereocenters. The van der Waals surface area contributed by atoms with Crippen LogP contribution in [0.2, 0.25) is 5.02 Å². The van der Waals surface area contributed by atoms with E-state index in [0.29, 0.717) is 24.4 Å². The smallest absolute Gasteiger partial charge is 0.495 e. The maximum Gasteiger partial charge on any atom is 0.497 e. The lowest BCUT2D eigenvalue weighted by molar-refractivity contribution is 0.143. The van der Waals surface area contributed by atoms with Crippen molar-refractivity contribution in [1.29, 1.82) is 0 Å². The molecule has 0 N–H and O–H groups in total. The van der Waals surface area contributed by atoms with Gasteiger partial charge in [0.05, 0.1) is 12.1 Å². The van der Waals surface area contributed by atoms with Gasteiger partial charge in [-0.05, 0) is 18.6 Å².